The zero-order valence-corrected chi connectivity index (χ0v) is 18.1. The number of ether oxygens (including phenoxy) is 1. The molecule has 0 unspecified atom stereocenters. The molecule has 29 heavy (non-hydrogen) atoms. The predicted molar refractivity (Wildman–Crippen MR) is 111 cm³/mol. The highest BCUT2D eigenvalue weighted by molar-refractivity contribution is 5.90. The van der Waals surface area contributed by atoms with Gasteiger partial charge in [0.15, 0.2) is 0 Å². The summed E-state index contributed by atoms with van der Waals surface area (Å²) in [5.41, 5.74) is 1.63. The van der Waals surface area contributed by atoms with Crippen LogP contribution in [0.25, 0.3) is 0 Å². The minimum atomic E-state index is -0.544. The van der Waals surface area contributed by atoms with E-state index in [0.29, 0.717) is 32.5 Å². The summed E-state index contributed by atoms with van der Waals surface area (Å²) in [7, 11) is 0. The molecule has 7 heteroatoms. The number of alkyl carbamates (subject to hydrolysis) is 1. The van der Waals surface area contributed by atoms with Crippen molar-refractivity contribution in [2.24, 2.45) is 5.92 Å². The van der Waals surface area contributed by atoms with Crippen LogP contribution in [0.5, 0.6) is 0 Å². The van der Waals surface area contributed by atoms with Crippen molar-refractivity contribution in [3.63, 3.8) is 0 Å². The summed E-state index contributed by atoms with van der Waals surface area (Å²) >= 11 is 0. The standard InChI is InChI=1S/C22H33N3O4/c1-15-6-8-17(9-7-15)14-25-18(10-11-19(25)26)20(27)23-12-16(2)13-24-21(28)29-22(3,4)5/h6-9,16,18H,10-14H2,1-5H3,(H,23,27)(H,24,28)/t16-,18+/m1/s1. The quantitative estimate of drug-likeness (QED) is 0.733. The highest BCUT2D eigenvalue weighted by atomic mass is 16.6. The van der Waals surface area contributed by atoms with Gasteiger partial charge >= 0.3 is 6.09 Å². The van der Waals surface area contributed by atoms with Gasteiger partial charge in [0.05, 0.1) is 0 Å². The Balaban J connectivity index is 1.81. The summed E-state index contributed by atoms with van der Waals surface area (Å²) in [6, 6.07) is 7.53. The SMILES string of the molecule is Cc1ccc(CN2C(=O)CC[C@H]2C(=O)NC[C@@H](C)CNC(=O)OC(C)(C)C)cc1. The largest absolute Gasteiger partial charge is 0.444 e. The van der Waals surface area contributed by atoms with Gasteiger partial charge in [-0.15, -0.1) is 0 Å². The Kier molecular flexibility index (Phi) is 7.65. The molecule has 7 nitrogen and oxygen atoms in total. The second kappa shape index (κ2) is 9.76. The number of rotatable bonds is 7. The number of likely N-dealkylation sites (tertiary alicyclic amines) is 1. The third kappa shape index (κ3) is 7.40. The van der Waals surface area contributed by atoms with Crippen LogP contribution < -0.4 is 10.6 Å². The number of nitrogens with one attached hydrogen (secondary N) is 2. The van der Waals surface area contributed by atoms with E-state index in [1.54, 1.807) is 4.90 Å². The van der Waals surface area contributed by atoms with Gasteiger partial charge < -0.3 is 20.3 Å². The number of amides is 3. The number of carbonyl (C=O) groups excluding carboxylic acids is 3. The minimum Gasteiger partial charge on any atom is -0.444 e. The van der Waals surface area contributed by atoms with Crippen molar-refractivity contribution in [2.75, 3.05) is 13.1 Å². The van der Waals surface area contributed by atoms with Gasteiger partial charge in [-0.3, -0.25) is 9.59 Å². The van der Waals surface area contributed by atoms with Crippen molar-refractivity contribution < 1.29 is 19.1 Å². The number of hydrogen-bond donors (Lipinski definition) is 2. The van der Waals surface area contributed by atoms with E-state index in [4.69, 9.17) is 4.74 Å². The molecule has 0 saturated carbocycles. The topological polar surface area (TPSA) is 87.7 Å². The fourth-order valence-electron chi connectivity index (χ4n) is 3.13. The zero-order valence-electron chi connectivity index (χ0n) is 18.1. The fourth-order valence-corrected chi connectivity index (χ4v) is 3.13. The Hall–Kier alpha value is -2.57. The molecule has 1 aromatic rings. The van der Waals surface area contributed by atoms with E-state index in [0.717, 1.165) is 11.1 Å². The number of aryl methyl sites for hydroxylation is 1. The predicted octanol–water partition coefficient (Wildman–Crippen LogP) is 2.76. The van der Waals surface area contributed by atoms with E-state index in [9.17, 15) is 14.4 Å². The van der Waals surface area contributed by atoms with Gasteiger partial charge in [0, 0.05) is 26.1 Å². The Morgan fingerprint density at radius 3 is 2.41 bits per heavy atom. The van der Waals surface area contributed by atoms with Crippen molar-refractivity contribution in [2.45, 2.75) is 65.6 Å². The molecule has 0 bridgehead atoms. The van der Waals surface area contributed by atoms with Crippen LogP contribution >= 0.6 is 0 Å². The van der Waals surface area contributed by atoms with Crippen molar-refractivity contribution in [3.05, 3.63) is 35.4 Å². The van der Waals surface area contributed by atoms with E-state index >= 15 is 0 Å². The summed E-state index contributed by atoms with van der Waals surface area (Å²) in [6.45, 7) is 10.6. The summed E-state index contributed by atoms with van der Waals surface area (Å²) < 4.78 is 5.20. The maximum absolute atomic E-state index is 12.7. The molecule has 160 valence electrons. The average molecular weight is 404 g/mol. The van der Waals surface area contributed by atoms with E-state index in [1.165, 1.54) is 0 Å². The lowest BCUT2D eigenvalue weighted by molar-refractivity contribution is -0.135. The first-order chi connectivity index (χ1) is 13.5. The van der Waals surface area contributed by atoms with E-state index < -0.39 is 17.7 Å². The molecule has 0 aromatic heterocycles. The van der Waals surface area contributed by atoms with Gasteiger partial charge in [-0.05, 0) is 45.6 Å². The molecule has 3 amide bonds. The summed E-state index contributed by atoms with van der Waals surface area (Å²) in [5.74, 6) is -0.105. The third-order valence-corrected chi connectivity index (χ3v) is 4.72. The maximum Gasteiger partial charge on any atom is 0.407 e. The first kappa shape index (κ1) is 22.7. The smallest absolute Gasteiger partial charge is 0.407 e. The van der Waals surface area contributed by atoms with Gasteiger partial charge in [-0.2, -0.15) is 0 Å². The highest BCUT2D eigenvalue weighted by Crippen LogP contribution is 2.22. The van der Waals surface area contributed by atoms with Crippen LogP contribution in [0.15, 0.2) is 24.3 Å². The molecular formula is C22H33N3O4. The second-order valence-electron chi connectivity index (χ2n) is 8.79. The number of nitrogens with zero attached hydrogens (tertiary/aromatic N) is 1. The monoisotopic (exact) mass is 403 g/mol. The molecule has 1 aromatic carbocycles. The summed E-state index contributed by atoms with van der Waals surface area (Å²) in [6.07, 6.45) is 0.446. The van der Waals surface area contributed by atoms with E-state index in [1.807, 2.05) is 58.9 Å². The lowest BCUT2D eigenvalue weighted by Gasteiger charge is -2.25. The molecule has 2 N–H and O–H groups in total. The van der Waals surface area contributed by atoms with Crippen LogP contribution in [0.2, 0.25) is 0 Å². The Bertz CT molecular complexity index is 725. The number of carbonyl (C=O) groups is 3. The van der Waals surface area contributed by atoms with Crippen molar-refractivity contribution >= 4 is 17.9 Å². The Morgan fingerprint density at radius 2 is 1.79 bits per heavy atom. The summed E-state index contributed by atoms with van der Waals surface area (Å²) in [4.78, 5) is 38.3. The van der Waals surface area contributed by atoms with Gasteiger partial charge in [-0.25, -0.2) is 4.79 Å². The molecule has 1 aliphatic heterocycles. The van der Waals surface area contributed by atoms with Gasteiger partial charge in [0.2, 0.25) is 11.8 Å². The van der Waals surface area contributed by atoms with Crippen LogP contribution in [0.4, 0.5) is 4.79 Å². The van der Waals surface area contributed by atoms with Crippen LogP contribution in [0.3, 0.4) is 0 Å². The van der Waals surface area contributed by atoms with Crippen LogP contribution in [-0.4, -0.2) is 47.5 Å². The lowest BCUT2D eigenvalue weighted by Crippen LogP contribution is -2.46. The van der Waals surface area contributed by atoms with E-state index in [-0.39, 0.29) is 17.7 Å². The van der Waals surface area contributed by atoms with Crippen molar-refractivity contribution in [3.8, 4) is 0 Å². The summed E-state index contributed by atoms with van der Waals surface area (Å²) in [5, 5.41) is 5.63. The molecule has 1 saturated heterocycles. The number of benzene rings is 1. The Morgan fingerprint density at radius 1 is 1.17 bits per heavy atom. The van der Waals surface area contributed by atoms with Gasteiger partial charge in [0.1, 0.15) is 11.6 Å². The van der Waals surface area contributed by atoms with Crippen molar-refractivity contribution in [1.82, 2.24) is 15.5 Å². The molecule has 0 radical (unpaired) electrons. The highest BCUT2D eigenvalue weighted by Gasteiger charge is 2.35. The molecular weight excluding hydrogens is 370 g/mol. The van der Waals surface area contributed by atoms with Crippen LogP contribution in [0.1, 0.15) is 51.7 Å². The first-order valence-electron chi connectivity index (χ1n) is 10.1. The molecule has 0 spiro atoms. The van der Waals surface area contributed by atoms with Gasteiger partial charge in [0.25, 0.3) is 0 Å². The first-order valence-corrected chi connectivity index (χ1v) is 10.1. The molecule has 0 aliphatic carbocycles. The van der Waals surface area contributed by atoms with Crippen LogP contribution in [-0.2, 0) is 20.9 Å². The van der Waals surface area contributed by atoms with Crippen LogP contribution in [0, 0.1) is 12.8 Å². The molecule has 1 aliphatic rings. The zero-order chi connectivity index (χ0) is 21.6. The second-order valence-corrected chi connectivity index (χ2v) is 8.79. The number of hydrogen-bond acceptors (Lipinski definition) is 4. The van der Waals surface area contributed by atoms with E-state index in [2.05, 4.69) is 10.6 Å². The van der Waals surface area contributed by atoms with Crippen molar-refractivity contribution in [1.29, 1.82) is 0 Å². The average Bonchev–Trinajstić information content (AvgIpc) is 2.99. The fraction of sp³-hybridized carbons (Fsp3) is 0.591. The minimum absolute atomic E-state index is 0.00497. The molecule has 1 heterocycles. The normalized spacial score (nSPS) is 17.8. The molecule has 2 atom stereocenters. The molecule has 1 fully saturated rings. The van der Waals surface area contributed by atoms with Gasteiger partial charge in [-0.1, -0.05) is 36.8 Å². The third-order valence-electron chi connectivity index (χ3n) is 4.72. The maximum atomic E-state index is 12.7. The molecule has 2 rings (SSSR count). The lowest BCUT2D eigenvalue weighted by atomic mass is 10.1. The Labute approximate surface area is 173 Å².